The van der Waals surface area contributed by atoms with E-state index in [1.54, 1.807) is 41.4 Å². The number of hydrogen-bond acceptors (Lipinski definition) is 4. The molecule has 0 heterocycles. The fourth-order valence-corrected chi connectivity index (χ4v) is 3.14. The monoisotopic (exact) mass is 268 g/mol. The Balaban J connectivity index is 3.21. The molecular formula is C13H20N2O2S. The molecule has 0 atom stereocenters. The lowest BCUT2D eigenvalue weighted by Gasteiger charge is -2.16. The highest BCUT2D eigenvalue weighted by atomic mass is 32.2. The van der Waals surface area contributed by atoms with Gasteiger partial charge in [0.1, 0.15) is 0 Å². The molecule has 0 spiro atoms. The van der Waals surface area contributed by atoms with Gasteiger partial charge in [0, 0.05) is 26.8 Å². The van der Waals surface area contributed by atoms with Gasteiger partial charge >= 0.3 is 0 Å². The third kappa shape index (κ3) is 3.85. The van der Waals surface area contributed by atoms with E-state index in [1.807, 2.05) is 33.1 Å². The second-order valence-corrected chi connectivity index (χ2v) is 6.62. The van der Waals surface area contributed by atoms with E-state index in [0.717, 1.165) is 0 Å². The molecule has 0 amide bonds. The number of hydrogen-bond donors (Lipinski definition) is 0. The molecule has 0 N–H and O–H groups in total. The lowest BCUT2D eigenvalue weighted by Crippen LogP contribution is -2.22. The van der Waals surface area contributed by atoms with Crippen LogP contribution in [0, 0.1) is 0 Å². The number of sulfone groups is 1. The minimum absolute atomic E-state index is 0.333. The van der Waals surface area contributed by atoms with E-state index in [2.05, 4.69) is 0 Å². The van der Waals surface area contributed by atoms with Crippen molar-refractivity contribution in [3.8, 4) is 0 Å². The van der Waals surface area contributed by atoms with Crippen LogP contribution in [0.3, 0.4) is 0 Å². The van der Waals surface area contributed by atoms with Crippen molar-refractivity contribution in [3.05, 3.63) is 41.4 Å². The smallest absolute Gasteiger partial charge is 0.205 e. The highest BCUT2D eigenvalue weighted by molar-refractivity contribution is 7.95. The number of benzene rings is 1. The van der Waals surface area contributed by atoms with E-state index in [0.29, 0.717) is 16.3 Å². The van der Waals surface area contributed by atoms with Crippen molar-refractivity contribution in [1.29, 1.82) is 0 Å². The molecular weight excluding hydrogens is 248 g/mol. The minimum atomic E-state index is -3.41. The zero-order valence-corrected chi connectivity index (χ0v) is 12.1. The Kier molecular flexibility index (Phi) is 4.93. The molecule has 18 heavy (non-hydrogen) atoms. The van der Waals surface area contributed by atoms with Gasteiger partial charge in [-0.1, -0.05) is 18.2 Å². The number of rotatable bonds is 5. The van der Waals surface area contributed by atoms with Gasteiger partial charge in [0.2, 0.25) is 9.84 Å². The molecule has 5 heteroatoms. The van der Waals surface area contributed by atoms with Gasteiger partial charge in [-0.25, -0.2) is 8.42 Å². The first-order chi connectivity index (χ1) is 8.34. The van der Waals surface area contributed by atoms with Gasteiger partial charge in [-0.3, -0.25) is 0 Å². The molecule has 1 aromatic carbocycles. The van der Waals surface area contributed by atoms with Crippen LogP contribution in [-0.4, -0.2) is 53.0 Å². The average Bonchev–Trinajstić information content (AvgIpc) is 2.28. The molecule has 0 saturated carbocycles. The van der Waals surface area contributed by atoms with E-state index in [4.69, 9.17) is 0 Å². The third-order valence-corrected chi connectivity index (χ3v) is 4.09. The van der Waals surface area contributed by atoms with Crippen LogP contribution in [0.15, 0.2) is 46.3 Å². The largest absolute Gasteiger partial charge is 0.383 e. The van der Waals surface area contributed by atoms with E-state index in [1.165, 1.54) is 0 Å². The van der Waals surface area contributed by atoms with Crippen LogP contribution in [-0.2, 0) is 9.84 Å². The third-order valence-electron chi connectivity index (χ3n) is 2.27. The summed E-state index contributed by atoms with van der Waals surface area (Å²) < 4.78 is 25.0. The first kappa shape index (κ1) is 14.7. The van der Waals surface area contributed by atoms with Gasteiger partial charge in [-0.15, -0.1) is 0 Å². The van der Waals surface area contributed by atoms with Crippen LogP contribution in [0.5, 0.6) is 0 Å². The fourth-order valence-electron chi connectivity index (χ4n) is 1.55. The fraction of sp³-hybridized carbons (Fsp3) is 0.385. The molecule has 0 radical (unpaired) electrons. The molecule has 0 aliphatic heterocycles. The molecule has 0 aliphatic rings. The van der Waals surface area contributed by atoms with E-state index in [-0.39, 0.29) is 0 Å². The van der Waals surface area contributed by atoms with Crippen molar-refractivity contribution in [1.82, 2.24) is 9.80 Å². The van der Waals surface area contributed by atoms with Crippen molar-refractivity contribution < 1.29 is 8.42 Å². The lowest BCUT2D eigenvalue weighted by atomic mass is 10.4. The van der Waals surface area contributed by atoms with Crippen LogP contribution in [0.25, 0.3) is 0 Å². The Morgan fingerprint density at radius 3 is 2.11 bits per heavy atom. The summed E-state index contributed by atoms with van der Waals surface area (Å²) in [5.41, 5.74) is 0. The van der Waals surface area contributed by atoms with Crippen LogP contribution < -0.4 is 0 Å². The highest BCUT2D eigenvalue weighted by Crippen LogP contribution is 2.19. The van der Waals surface area contributed by atoms with Gasteiger partial charge in [0.15, 0.2) is 0 Å². The maximum atomic E-state index is 12.5. The summed E-state index contributed by atoms with van der Waals surface area (Å²) in [6, 6.07) is 8.51. The molecule has 0 fully saturated rings. The average molecular weight is 268 g/mol. The van der Waals surface area contributed by atoms with Crippen LogP contribution in [0.4, 0.5) is 0 Å². The minimum Gasteiger partial charge on any atom is -0.383 e. The van der Waals surface area contributed by atoms with E-state index >= 15 is 0 Å². The van der Waals surface area contributed by atoms with Crippen LogP contribution in [0.2, 0.25) is 0 Å². The molecule has 0 bridgehead atoms. The maximum Gasteiger partial charge on any atom is 0.205 e. The predicted molar refractivity (Wildman–Crippen MR) is 74.0 cm³/mol. The second kappa shape index (κ2) is 6.02. The van der Waals surface area contributed by atoms with Crippen molar-refractivity contribution >= 4 is 9.84 Å². The maximum absolute atomic E-state index is 12.5. The predicted octanol–water partition coefficient (Wildman–Crippen LogP) is 1.42. The summed E-state index contributed by atoms with van der Waals surface area (Å²) in [5.74, 6) is 0. The summed E-state index contributed by atoms with van der Waals surface area (Å²) >= 11 is 0. The number of nitrogens with zero attached hydrogens (tertiary/aromatic N) is 2. The molecule has 4 nitrogen and oxygen atoms in total. The summed E-state index contributed by atoms with van der Waals surface area (Å²) in [6.45, 7) is 0.384. The normalized spacial score (nSPS) is 12.8. The SMILES string of the molecule is CN(C)/C=C(/CN(C)C)S(=O)(=O)c1ccccc1. The van der Waals surface area contributed by atoms with Crippen LogP contribution >= 0.6 is 0 Å². The summed E-state index contributed by atoms with van der Waals surface area (Å²) in [7, 11) is 3.92. The zero-order valence-electron chi connectivity index (χ0n) is 11.3. The van der Waals surface area contributed by atoms with Crippen molar-refractivity contribution in [2.45, 2.75) is 4.90 Å². The Bertz CT molecular complexity index is 505. The Hall–Kier alpha value is -1.33. The van der Waals surface area contributed by atoms with Crippen molar-refractivity contribution in [2.75, 3.05) is 34.7 Å². The standard InChI is InChI=1S/C13H20N2O2S/c1-14(2)10-13(11-15(3)4)18(16,17)12-8-6-5-7-9-12/h5-10H,11H2,1-4H3/b13-10-. The van der Waals surface area contributed by atoms with Gasteiger partial charge < -0.3 is 9.80 Å². The van der Waals surface area contributed by atoms with Gasteiger partial charge in [0.05, 0.1) is 9.80 Å². The zero-order chi connectivity index (χ0) is 13.8. The first-order valence-corrected chi connectivity index (χ1v) is 7.14. The highest BCUT2D eigenvalue weighted by Gasteiger charge is 2.21. The van der Waals surface area contributed by atoms with Crippen molar-refractivity contribution in [2.24, 2.45) is 0 Å². The molecule has 100 valence electrons. The topological polar surface area (TPSA) is 40.6 Å². The van der Waals surface area contributed by atoms with Gasteiger partial charge in [-0.2, -0.15) is 0 Å². The van der Waals surface area contributed by atoms with E-state index in [9.17, 15) is 8.42 Å². The Labute approximate surface area is 109 Å². The van der Waals surface area contributed by atoms with Gasteiger partial charge in [-0.05, 0) is 26.2 Å². The molecule has 0 aliphatic carbocycles. The Morgan fingerprint density at radius 1 is 1.11 bits per heavy atom. The Morgan fingerprint density at radius 2 is 1.67 bits per heavy atom. The second-order valence-electron chi connectivity index (χ2n) is 4.61. The molecule has 1 aromatic rings. The first-order valence-electron chi connectivity index (χ1n) is 5.66. The molecule has 1 rings (SSSR count). The quantitative estimate of drug-likeness (QED) is 0.810. The lowest BCUT2D eigenvalue weighted by molar-refractivity contribution is 0.444. The van der Waals surface area contributed by atoms with Crippen molar-refractivity contribution in [3.63, 3.8) is 0 Å². The summed E-state index contributed by atoms with van der Waals surface area (Å²) in [5, 5.41) is 0. The number of likely N-dealkylation sites (N-methyl/N-ethyl adjacent to an activating group) is 1. The molecule has 0 saturated heterocycles. The summed E-state index contributed by atoms with van der Waals surface area (Å²) in [4.78, 5) is 4.32. The summed E-state index contributed by atoms with van der Waals surface area (Å²) in [6.07, 6.45) is 1.66. The molecule has 0 aromatic heterocycles. The van der Waals surface area contributed by atoms with Gasteiger partial charge in [0.25, 0.3) is 0 Å². The molecule has 0 unspecified atom stereocenters. The van der Waals surface area contributed by atoms with E-state index < -0.39 is 9.84 Å². The van der Waals surface area contributed by atoms with Crippen LogP contribution in [0.1, 0.15) is 0 Å².